The summed E-state index contributed by atoms with van der Waals surface area (Å²) >= 11 is 6.05. The third-order valence-corrected chi connectivity index (χ3v) is 5.35. The van der Waals surface area contributed by atoms with Crippen molar-refractivity contribution in [3.63, 3.8) is 0 Å². The molecule has 0 spiro atoms. The van der Waals surface area contributed by atoms with Gasteiger partial charge in [0.2, 0.25) is 16.2 Å². The highest BCUT2D eigenvalue weighted by molar-refractivity contribution is 7.91. The van der Waals surface area contributed by atoms with Crippen LogP contribution in [-0.4, -0.2) is 14.8 Å². The van der Waals surface area contributed by atoms with E-state index in [0.717, 1.165) is 5.56 Å². The van der Waals surface area contributed by atoms with Crippen molar-refractivity contribution < 1.29 is 13.2 Å². The van der Waals surface area contributed by atoms with Gasteiger partial charge in [-0.25, -0.2) is 8.42 Å². The van der Waals surface area contributed by atoms with Crippen molar-refractivity contribution in [1.29, 1.82) is 0 Å². The zero-order valence-corrected chi connectivity index (χ0v) is 12.9. The van der Waals surface area contributed by atoms with Crippen LogP contribution in [0, 0.1) is 6.92 Å². The maximum Gasteiger partial charge on any atom is 0.208 e. The van der Waals surface area contributed by atoms with Crippen LogP contribution < -0.4 is 5.32 Å². The second-order valence-corrected chi connectivity index (χ2v) is 6.98. The van der Waals surface area contributed by atoms with Gasteiger partial charge in [0.25, 0.3) is 0 Å². The Bertz CT molecular complexity index is 742. The number of rotatable bonds is 5. The summed E-state index contributed by atoms with van der Waals surface area (Å²) in [6, 6.07) is 13.0. The fourth-order valence-electron chi connectivity index (χ4n) is 1.96. The Kier molecular flexibility index (Phi) is 4.65. The molecule has 1 unspecified atom stereocenters. The molecule has 0 saturated heterocycles. The summed E-state index contributed by atoms with van der Waals surface area (Å²) in [5.74, 6) is 0. The monoisotopic (exact) mass is 323 g/mol. The first-order valence-corrected chi connectivity index (χ1v) is 8.14. The van der Waals surface area contributed by atoms with Gasteiger partial charge < -0.3 is 5.32 Å². The minimum Gasteiger partial charge on any atom is -0.338 e. The van der Waals surface area contributed by atoms with E-state index in [1.54, 1.807) is 36.4 Å². The van der Waals surface area contributed by atoms with Gasteiger partial charge in [0.1, 0.15) is 0 Å². The van der Waals surface area contributed by atoms with Crippen LogP contribution in [0.5, 0.6) is 0 Å². The molecule has 2 aromatic carbocycles. The van der Waals surface area contributed by atoms with Gasteiger partial charge in [-0.1, -0.05) is 47.5 Å². The first-order valence-electron chi connectivity index (χ1n) is 6.21. The number of amides is 1. The number of hydrogen-bond donors (Lipinski definition) is 1. The molecule has 0 aliphatic heterocycles. The topological polar surface area (TPSA) is 63.2 Å². The molecule has 110 valence electrons. The van der Waals surface area contributed by atoms with E-state index in [0.29, 0.717) is 12.0 Å². The summed E-state index contributed by atoms with van der Waals surface area (Å²) in [5.41, 5.74) is 1.29. The third-order valence-electron chi connectivity index (χ3n) is 3.07. The molecule has 2 rings (SSSR count). The first kappa shape index (κ1) is 15.5. The Balaban J connectivity index is 2.54. The van der Waals surface area contributed by atoms with Crippen LogP contribution in [0.2, 0.25) is 5.02 Å². The van der Waals surface area contributed by atoms with Crippen molar-refractivity contribution in [1.82, 2.24) is 5.32 Å². The average molecular weight is 324 g/mol. The van der Waals surface area contributed by atoms with Crippen molar-refractivity contribution >= 4 is 27.8 Å². The largest absolute Gasteiger partial charge is 0.338 e. The fourth-order valence-corrected chi connectivity index (χ4v) is 3.83. The maximum absolute atomic E-state index is 12.7. The van der Waals surface area contributed by atoms with Crippen LogP contribution in [0.3, 0.4) is 0 Å². The minimum atomic E-state index is -3.78. The molecule has 0 aromatic heterocycles. The van der Waals surface area contributed by atoms with E-state index in [9.17, 15) is 13.2 Å². The van der Waals surface area contributed by atoms with Crippen molar-refractivity contribution in [2.45, 2.75) is 17.2 Å². The predicted molar refractivity (Wildman–Crippen MR) is 81.8 cm³/mol. The van der Waals surface area contributed by atoms with Gasteiger partial charge >= 0.3 is 0 Å². The number of hydrogen-bond acceptors (Lipinski definition) is 3. The zero-order chi connectivity index (χ0) is 15.5. The summed E-state index contributed by atoms with van der Waals surface area (Å²) in [6.45, 7) is 1.87. The van der Waals surface area contributed by atoms with Gasteiger partial charge in [0.15, 0.2) is 5.37 Å². The lowest BCUT2D eigenvalue weighted by Gasteiger charge is -2.18. The zero-order valence-electron chi connectivity index (χ0n) is 11.3. The number of benzene rings is 2. The summed E-state index contributed by atoms with van der Waals surface area (Å²) in [6.07, 6.45) is 0.361. The molecule has 4 nitrogen and oxygen atoms in total. The number of aryl methyl sites for hydroxylation is 1. The third kappa shape index (κ3) is 3.25. The van der Waals surface area contributed by atoms with E-state index in [2.05, 4.69) is 5.32 Å². The molecule has 0 aliphatic rings. The lowest BCUT2D eigenvalue weighted by atomic mass is 10.2. The standard InChI is InChI=1S/C15H14ClNO3S/c1-11-6-8-12(9-7-11)21(19,20)15(17-10-18)13-4-2-3-5-14(13)16/h2-10,15H,1H3,(H,17,18). The molecule has 6 heteroatoms. The Labute approximate surface area is 128 Å². The maximum atomic E-state index is 12.7. The van der Waals surface area contributed by atoms with Crippen molar-refractivity contribution in [3.05, 3.63) is 64.7 Å². The molecule has 1 amide bonds. The molecule has 0 heterocycles. The quantitative estimate of drug-likeness (QED) is 0.861. The smallest absolute Gasteiger partial charge is 0.208 e. The predicted octanol–water partition coefficient (Wildman–Crippen LogP) is 2.87. The highest BCUT2D eigenvalue weighted by atomic mass is 35.5. The van der Waals surface area contributed by atoms with Crippen molar-refractivity contribution in [2.75, 3.05) is 0 Å². The Morgan fingerprint density at radius 3 is 2.29 bits per heavy atom. The second kappa shape index (κ2) is 6.28. The Hall–Kier alpha value is -1.85. The van der Waals surface area contributed by atoms with Gasteiger partial charge in [-0.15, -0.1) is 0 Å². The lowest BCUT2D eigenvalue weighted by Crippen LogP contribution is -2.28. The SMILES string of the molecule is Cc1ccc(S(=O)(=O)C(NC=O)c2ccccc2Cl)cc1. The highest BCUT2D eigenvalue weighted by Crippen LogP contribution is 2.31. The number of carbonyl (C=O) groups is 1. The summed E-state index contributed by atoms with van der Waals surface area (Å²) in [4.78, 5) is 10.9. The molecule has 0 fully saturated rings. The molecule has 1 N–H and O–H groups in total. The highest BCUT2D eigenvalue weighted by Gasteiger charge is 2.30. The molecule has 0 bridgehead atoms. The summed E-state index contributed by atoms with van der Waals surface area (Å²) in [5, 5.41) is 1.41. The van der Waals surface area contributed by atoms with Crippen LogP contribution in [0.1, 0.15) is 16.5 Å². The van der Waals surface area contributed by atoms with Gasteiger partial charge in [-0.05, 0) is 25.1 Å². The van der Waals surface area contributed by atoms with Gasteiger partial charge in [-0.2, -0.15) is 0 Å². The second-order valence-electron chi connectivity index (χ2n) is 4.54. The van der Waals surface area contributed by atoms with E-state index in [1.165, 1.54) is 12.1 Å². The lowest BCUT2D eigenvalue weighted by molar-refractivity contribution is -0.109. The van der Waals surface area contributed by atoms with E-state index >= 15 is 0 Å². The Morgan fingerprint density at radius 2 is 1.71 bits per heavy atom. The number of sulfone groups is 1. The first-order chi connectivity index (χ1) is 9.96. The number of halogens is 1. The van der Waals surface area contributed by atoms with Crippen LogP contribution in [-0.2, 0) is 14.6 Å². The van der Waals surface area contributed by atoms with Crippen LogP contribution >= 0.6 is 11.6 Å². The van der Waals surface area contributed by atoms with E-state index < -0.39 is 15.2 Å². The van der Waals surface area contributed by atoms with Gasteiger partial charge in [0.05, 0.1) is 4.90 Å². The summed E-state index contributed by atoms with van der Waals surface area (Å²) < 4.78 is 25.4. The molecule has 0 saturated carbocycles. The molecule has 21 heavy (non-hydrogen) atoms. The van der Waals surface area contributed by atoms with E-state index in [4.69, 9.17) is 11.6 Å². The normalized spacial score (nSPS) is 12.7. The van der Waals surface area contributed by atoms with Crippen molar-refractivity contribution in [2.24, 2.45) is 0 Å². The van der Waals surface area contributed by atoms with Crippen LogP contribution in [0.25, 0.3) is 0 Å². The average Bonchev–Trinajstić information content (AvgIpc) is 2.46. The fraction of sp³-hybridized carbons (Fsp3) is 0.133. The minimum absolute atomic E-state index is 0.132. The van der Waals surface area contributed by atoms with Crippen LogP contribution in [0.4, 0.5) is 0 Å². The molecular weight excluding hydrogens is 310 g/mol. The number of carbonyl (C=O) groups excluding carboxylic acids is 1. The molecule has 1 atom stereocenters. The van der Waals surface area contributed by atoms with E-state index in [-0.39, 0.29) is 9.92 Å². The molecule has 2 aromatic rings. The van der Waals surface area contributed by atoms with Gasteiger partial charge in [0, 0.05) is 10.6 Å². The molecular formula is C15H14ClNO3S. The Morgan fingerprint density at radius 1 is 1.10 bits per heavy atom. The summed E-state index contributed by atoms with van der Waals surface area (Å²) in [7, 11) is -3.78. The van der Waals surface area contributed by atoms with Gasteiger partial charge in [-0.3, -0.25) is 4.79 Å². The van der Waals surface area contributed by atoms with E-state index in [1.807, 2.05) is 6.92 Å². The molecule has 0 radical (unpaired) electrons. The number of nitrogens with one attached hydrogen (secondary N) is 1. The van der Waals surface area contributed by atoms with Crippen LogP contribution in [0.15, 0.2) is 53.4 Å². The van der Waals surface area contributed by atoms with Crippen molar-refractivity contribution in [3.8, 4) is 0 Å². The molecule has 0 aliphatic carbocycles.